The van der Waals surface area contributed by atoms with Gasteiger partial charge in [0.25, 0.3) is 0 Å². The van der Waals surface area contributed by atoms with Crippen molar-refractivity contribution < 1.29 is 19.4 Å². The average Bonchev–Trinajstić information content (AvgIpc) is 2.78. The number of aromatic nitrogens is 1. The molecule has 6 nitrogen and oxygen atoms in total. The highest BCUT2D eigenvalue weighted by Gasteiger charge is 2.16. The summed E-state index contributed by atoms with van der Waals surface area (Å²) >= 11 is 0. The van der Waals surface area contributed by atoms with Crippen LogP contribution >= 0.6 is 0 Å². The van der Waals surface area contributed by atoms with E-state index >= 15 is 0 Å². The number of hydrogen-bond donors (Lipinski definition) is 3. The molecule has 0 radical (unpaired) electrons. The third-order valence-corrected chi connectivity index (χ3v) is 2.83. The number of benzene rings is 1. The predicted molar refractivity (Wildman–Crippen MR) is 69.0 cm³/mol. The van der Waals surface area contributed by atoms with Gasteiger partial charge in [0, 0.05) is 23.0 Å². The van der Waals surface area contributed by atoms with Crippen molar-refractivity contribution in [1.29, 1.82) is 0 Å². The Kier molecular flexibility index (Phi) is 3.82. The number of carbonyl (C=O) groups excluding carboxylic acids is 1. The monoisotopic (exact) mass is 262 g/mol. The normalized spacial score (nSPS) is 10.6. The fourth-order valence-corrected chi connectivity index (χ4v) is 1.93. The molecule has 0 atom stereocenters. The number of carboxylic acid groups (broad SMARTS) is 1. The molecule has 19 heavy (non-hydrogen) atoms. The fraction of sp³-hybridized carbons (Fsp3) is 0.231. The molecular formula is C13H14N2O4. The first kappa shape index (κ1) is 13.1. The van der Waals surface area contributed by atoms with Crippen LogP contribution in [0.25, 0.3) is 10.9 Å². The Bertz CT molecular complexity index is 618. The number of fused-ring (bicyclic) bond motifs is 1. The maximum absolute atomic E-state index is 11.2. The first-order valence-electron chi connectivity index (χ1n) is 5.74. The number of nitrogens with one attached hydrogen (secondary N) is 2. The molecule has 0 fully saturated rings. The largest absolute Gasteiger partial charge is 0.477 e. The molecule has 0 spiro atoms. The van der Waals surface area contributed by atoms with E-state index in [-0.39, 0.29) is 18.8 Å². The summed E-state index contributed by atoms with van der Waals surface area (Å²) in [5, 5.41) is 12.9. The number of aromatic carboxylic acids is 1. The van der Waals surface area contributed by atoms with Crippen LogP contribution in [0.15, 0.2) is 24.3 Å². The van der Waals surface area contributed by atoms with Crippen LogP contribution in [0.4, 0.5) is 0 Å². The Morgan fingerprint density at radius 2 is 2.11 bits per heavy atom. The van der Waals surface area contributed by atoms with Crippen molar-refractivity contribution in [2.45, 2.75) is 6.54 Å². The fourth-order valence-electron chi connectivity index (χ4n) is 1.93. The molecule has 100 valence electrons. The molecule has 1 aromatic heterocycles. The molecule has 0 aliphatic rings. The molecule has 0 saturated carbocycles. The van der Waals surface area contributed by atoms with E-state index in [0.717, 1.165) is 10.9 Å². The van der Waals surface area contributed by atoms with Gasteiger partial charge in [0.05, 0.1) is 13.7 Å². The molecule has 0 saturated heterocycles. The highest BCUT2D eigenvalue weighted by Crippen LogP contribution is 2.22. The van der Waals surface area contributed by atoms with Gasteiger partial charge in [0.15, 0.2) is 0 Å². The lowest BCUT2D eigenvalue weighted by Gasteiger charge is -2.04. The van der Waals surface area contributed by atoms with Gasteiger partial charge in [-0.05, 0) is 6.07 Å². The van der Waals surface area contributed by atoms with Crippen molar-refractivity contribution >= 4 is 22.8 Å². The zero-order valence-corrected chi connectivity index (χ0v) is 10.4. The van der Waals surface area contributed by atoms with Crippen molar-refractivity contribution in [1.82, 2.24) is 10.3 Å². The summed E-state index contributed by atoms with van der Waals surface area (Å²) in [4.78, 5) is 25.1. The Morgan fingerprint density at radius 1 is 1.37 bits per heavy atom. The number of ether oxygens (including phenoxy) is 1. The summed E-state index contributed by atoms with van der Waals surface area (Å²) < 4.78 is 4.51. The van der Waals surface area contributed by atoms with Gasteiger partial charge in [-0.2, -0.15) is 0 Å². The van der Waals surface area contributed by atoms with Crippen LogP contribution in [0.1, 0.15) is 16.1 Å². The number of aromatic amines is 1. The standard InChI is InChI=1S/C13H14N2O4/c1-19-11(16)7-14-6-9-8-4-2-3-5-10(8)15-12(9)13(17)18/h2-5,14-15H,6-7H2,1H3,(H,17,18). The van der Waals surface area contributed by atoms with Gasteiger partial charge < -0.3 is 20.1 Å². The highest BCUT2D eigenvalue weighted by atomic mass is 16.5. The minimum atomic E-state index is -1.02. The third-order valence-electron chi connectivity index (χ3n) is 2.83. The molecule has 0 unspecified atom stereocenters. The lowest BCUT2D eigenvalue weighted by molar-refractivity contribution is -0.139. The van der Waals surface area contributed by atoms with Gasteiger partial charge in [0.1, 0.15) is 5.69 Å². The van der Waals surface area contributed by atoms with Crippen molar-refractivity contribution in [3.63, 3.8) is 0 Å². The quantitative estimate of drug-likeness (QED) is 0.702. The summed E-state index contributed by atoms with van der Waals surface area (Å²) in [5.41, 5.74) is 1.53. The second-order valence-electron chi connectivity index (χ2n) is 4.01. The molecule has 2 rings (SSSR count). The van der Waals surface area contributed by atoms with E-state index < -0.39 is 11.9 Å². The molecule has 0 bridgehead atoms. The molecule has 1 aromatic carbocycles. The topological polar surface area (TPSA) is 91.4 Å². The summed E-state index contributed by atoms with van der Waals surface area (Å²) in [6.07, 6.45) is 0. The predicted octanol–water partition coefficient (Wildman–Crippen LogP) is 1.13. The van der Waals surface area contributed by atoms with Gasteiger partial charge in [-0.25, -0.2) is 4.79 Å². The molecule has 0 aliphatic heterocycles. The van der Waals surface area contributed by atoms with Crippen LogP contribution in [0, 0.1) is 0 Å². The molecule has 3 N–H and O–H groups in total. The van der Waals surface area contributed by atoms with Gasteiger partial charge >= 0.3 is 11.9 Å². The Morgan fingerprint density at radius 3 is 2.79 bits per heavy atom. The van der Waals surface area contributed by atoms with E-state index in [1.807, 2.05) is 24.3 Å². The van der Waals surface area contributed by atoms with Crippen LogP contribution in [-0.4, -0.2) is 35.7 Å². The van der Waals surface area contributed by atoms with Gasteiger partial charge in [-0.15, -0.1) is 0 Å². The van der Waals surface area contributed by atoms with Gasteiger partial charge in [-0.3, -0.25) is 4.79 Å². The minimum Gasteiger partial charge on any atom is -0.477 e. The Balaban J connectivity index is 2.26. The maximum Gasteiger partial charge on any atom is 0.352 e. The van der Waals surface area contributed by atoms with Gasteiger partial charge in [-0.1, -0.05) is 18.2 Å². The van der Waals surface area contributed by atoms with Crippen LogP contribution in [0.5, 0.6) is 0 Å². The second-order valence-corrected chi connectivity index (χ2v) is 4.01. The number of carbonyl (C=O) groups is 2. The van der Waals surface area contributed by atoms with E-state index in [1.165, 1.54) is 7.11 Å². The lowest BCUT2D eigenvalue weighted by Crippen LogP contribution is -2.24. The maximum atomic E-state index is 11.2. The summed E-state index contributed by atoms with van der Waals surface area (Å²) in [5.74, 6) is -1.41. The number of H-pyrrole nitrogens is 1. The van der Waals surface area contributed by atoms with Crippen molar-refractivity contribution in [3.8, 4) is 0 Å². The Hall–Kier alpha value is -2.34. The van der Waals surface area contributed by atoms with E-state index in [9.17, 15) is 14.7 Å². The summed E-state index contributed by atoms with van der Waals surface area (Å²) in [6.45, 7) is 0.315. The number of methoxy groups -OCH3 is 1. The van der Waals surface area contributed by atoms with E-state index in [1.54, 1.807) is 0 Å². The van der Waals surface area contributed by atoms with Crippen LogP contribution in [-0.2, 0) is 16.1 Å². The minimum absolute atomic E-state index is 0.0368. The zero-order valence-electron chi connectivity index (χ0n) is 10.4. The van der Waals surface area contributed by atoms with Crippen LogP contribution in [0.3, 0.4) is 0 Å². The molecule has 0 amide bonds. The SMILES string of the molecule is COC(=O)CNCc1c(C(=O)O)[nH]c2ccccc12. The van der Waals surface area contributed by atoms with Crippen molar-refractivity contribution in [2.24, 2.45) is 0 Å². The van der Waals surface area contributed by atoms with Gasteiger partial charge in [0.2, 0.25) is 0 Å². The van der Waals surface area contributed by atoms with Crippen LogP contribution < -0.4 is 5.32 Å². The Labute approximate surface area is 109 Å². The number of hydrogen-bond acceptors (Lipinski definition) is 4. The molecular weight excluding hydrogens is 248 g/mol. The zero-order chi connectivity index (χ0) is 13.8. The van der Waals surface area contributed by atoms with E-state index in [0.29, 0.717) is 5.56 Å². The molecule has 0 aliphatic carbocycles. The second kappa shape index (κ2) is 5.53. The first-order chi connectivity index (χ1) is 9.13. The molecule has 2 aromatic rings. The van der Waals surface area contributed by atoms with E-state index in [2.05, 4.69) is 15.0 Å². The smallest absolute Gasteiger partial charge is 0.352 e. The summed E-state index contributed by atoms with van der Waals surface area (Å²) in [7, 11) is 1.30. The molecule has 1 heterocycles. The number of para-hydroxylation sites is 1. The van der Waals surface area contributed by atoms with Crippen LogP contribution in [0.2, 0.25) is 0 Å². The number of carboxylic acids is 1. The molecule has 6 heteroatoms. The number of rotatable bonds is 5. The lowest BCUT2D eigenvalue weighted by atomic mass is 10.1. The highest BCUT2D eigenvalue weighted by molar-refractivity contribution is 5.97. The van der Waals surface area contributed by atoms with Crippen molar-refractivity contribution in [2.75, 3.05) is 13.7 Å². The van der Waals surface area contributed by atoms with E-state index in [4.69, 9.17) is 0 Å². The summed E-state index contributed by atoms with van der Waals surface area (Å²) in [6, 6.07) is 7.32. The first-order valence-corrected chi connectivity index (χ1v) is 5.74. The number of esters is 1. The third kappa shape index (κ3) is 2.74. The van der Waals surface area contributed by atoms with Crippen molar-refractivity contribution in [3.05, 3.63) is 35.5 Å². The average molecular weight is 262 g/mol.